The van der Waals surface area contributed by atoms with Crippen LogP contribution in [0.3, 0.4) is 0 Å². The molecule has 16 heteroatoms. The van der Waals surface area contributed by atoms with E-state index in [9.17, 15) is 32.7 Å². The fourth-order valence-corrected chi connectivity index (χ4v) is 5.77. The Morgan fingerprint density at radius 3 is 2.29 bits per heavy atom. The Morgan fingerprint density at radius 1 is 1.10 bits per heavy atom. The van der Waals surface area contributed by atoms with Gasteiger partial charge < -0.3 is 25.6 Å². The minimum Gasteiger partial charge on any atom is -0.504 e. The zero-order valence-corrected chi connectivity index (χ0v) is 28.3. The van der Waals surface area contributed by atoms with Gasteiger partial charge in [-0.1, -0.05) is 27.2 Å². The number of carbonyl (C=O) groups excluding carboxylic acids is 3. The lowest BCUT2D eigenvalue weighted by Gasteiger charge is -2.43. The zero-order chi connectivity index (χ0) is 35.3. The molecule has 3 heterocycles. The van der Waals surface area contributed by atoms with Crippen molar-refractivity contribution in [2.45, 2.75) is 72.6 Å². The molecule has 3 aliphatic rings. The summed E-state index contributed by atoms with van der Waals surface area (Å²) in [4.78, 5) is 44.1. The van der Waals surface area contributed by atoms with Crippen LogP contribution in [0.4, 0.5) is 18.9 Å². The highest BCUT2D eigenvalue weighted by atomic mass is 19.4. The maximum atomic E-state index is 14.2. The van der Waals surface area contributed by atoms with E-state index in [-0.39, 0.29) is 47.9 Å². The maximum absolute atomic E-state index is 14.2. The number of aromatic hydroxyl groups is 1. The number of nitrogens with one attached hydrogen (secondary N) is 4. The SMILES string of the molecule is CC.CC/C1=C(\N2CCN(C(=O)c3nn(C)c(C)c3O)CC2)C(=O)N(CC(=O)Nc2ccc(C(F)(F)F)cc2C)NC(C2CCC2)NN1. The molecule has 1 aromatic carbocycles. The summed E-state index contributed by atoms with van der Waals surface area (Å²) in [5.74, 6) is -1.39. The number of anilines is 1. The lowest BCUT2D eigenvalue weighted by Crippen LogP contribution is -2.65. The van der Waals surface area contributed by atoms with Gasteiger partial charge in [-0.15, -0.1) is 0 Å². The number of alkyl halides is 3. The summed E-state index contributed by atoms with van der Waals surface area (Å²) >= 11 is 0. The van der Waals surface area contributed by atoms with Gasteiger partial charge in [-0.3, -0.25) is 24.1 Å². The van der Waals surface area contributed by atoms with Crippen molar-refractivity contribution < 1.29 is 32.7 Å². The number of allylic oxidation sites excluding steroid dienone is 1. The monoisotopic (exact) mass is 677 g/mol. The lowest BCUT2D eigenvalue weighted by molar-refractivity contribution is -0.138. The van der Waals surface area contributed by atoms with E-state index in [1.165, 1.54) is 22.7 Å². The number of hydrogen-bond donors (Lipinski definition) is 5. The van der Waals surface area contributed by atoms with Crippen molar-refractivity contribution in [3.63, 3.8) is 0 Å². The molecule has 2 aromatic rings. The summed E-state index contributed by atoms with van der Waals surface area (Å²) in [6.45, 7) is 9.78. The molecule has 1 saturated carbocycles. The number of halogens is 3. The molecule has 0 spiro atoms. The molecule has 1 atom stereocenters. The second-order valence-electron chi connectivity index (χ2n) is 11.9. The van der Waals surface area contributed by atoms with E-state index in [1.807, 2.05) is 25.7 Å². The summed E-state index contributed by atoms with van der Waals surface area (Å²) in [6, 6.07) is 3.07. The van der Waals surface area contributed by atoms with Crippen LogP contribution in [0.1, 0.15) is 73.8 Å². The minimum atomic E-state index is -4.51. The van der Waals surface area contributed by atoms with Gasteiger partial charge in [-0.25, -0.2) is 10.9 Å². The molecule has 3 amide bonds. The number of carbonyl (C=O) groups is 3. The Hall–Kier alpha value is -4.31. The summed E-state index contributed by atoms with van der Waals surface area (Å²) in [5, 5.41) is 18.4. The van der Waals surface area contributed by atoms with Gasteiger partial charge in [0, 0.05) is 38.9 Å². The van der Waals surface area contributed by atoms with Crippen LogP contribution in [-0.4, -0.2) is 86.3 Å². The Kier molecular flexibility index (Phi) is 11.6. The van der Waals surface area contributed by atoms with Gasteiger partial charge in [-0.2, -0.15) is 18.3 Å². The van der Waals surface area contributed by atoms with Gasteiger partial charge in [0.05, 0.1) is 23.1 Å². The number of aromatic nitrogens is 2. The number of aryl methyl sites for hydroxylation is 2. The number of nitrogens with zero attached hydrogens (tertiary/aromatic N) is 5. The maximum Gasteiger partial charge on any atom is 0.416 e. The number of amides is 3. The topological polar surface area (TPSA) is 147 Å². The third kappa shape index (κ3) is 7.86. The number of rotatable bonds is 7. The van der Waals surface area contributed by atoms with Crippen LogP contribution in [0.15, 0.2) is 29.6 Å². The van der Waals surface area contributed by atoms with E-state index in [2.05, 4.69) is 26.7 Å². The Labute approximate surface area is 278 Å². The standard InChI is InChI=1S/C30H40F3N9O4.C2H6/c1-5-21-25(40-11-13-41(14-12-40)28(45)24-26(44)18(3)39(4)37-24)29(46)42(38-27(36-35-21)19-7-6-8-19)16-23(43)34-22-10-9-20(15-17(22)2)30(31,32)33;1-2/h9-10,15,19,27,35-36,38,44H,5-8,11-14,16H2,1-4H3,(H,34,43);1-2H3/b25-21+;. The van der Waals surface area contributed by atoms with Crippen LogP contribution in [-0.2, 0) is 22.8 Å². The molecular formula is C32H46F3N9O4. The summed E-state index contributed by atoms with van der Waals surface area (Å²) in [6.07, 6.45) is -1.48. The summed E-state index contributed by atoms with van der Waals surface area (Å²) < 4.78 is 40.9. The Morgan fingerprint density at radius 2 is 1.77 bits per heavy atom. The van der Waals surface area contributed by atoms with E-state index in [0.717, 1.165) is 31.4 Å². The highest BCUT2D eigenvalue weighted by Crippen LogP contribution is 2.32. The number of benzene rings is 1. The predicted octanol–water partition coefficient (Wildman–Crippen LogP) is 3.37. The first-order valence-electron chi connectivity index (χ1n) is 16.4. The zero-order valence-electron chi connectivity index (χ0n) is 28.3. The van der Waals surface area contributed by atoms with Crippen LogP contribution < -0.4 is 21.6 Å². The third-order valence-corrected chi connectivity index (χ3v) is 8.90. The van der Waals surface area contributed by atoms with Crippen molar-refractivity contribution in [3.8, 4) is 5.75 Å². The quantitative estimate of drug-likeness (QED) is 0.298. The molecule has 13 nitrogen and oxygen atoms in total. The molecule has 264 valence electrons. The fourth-order valence-electron chi connectivity index (χ4n) is 5.77. The first kappa shape index (κ1) is 36.5. The lowest BCUT2D eigenvalue weighted by atomic mass is 9.83. The summed E-state index contributed by atoms with van der Waals surface area (Å²) in [5.41, 5.74) is 10.7. The van der Waals surface area contributed by atoms with Crippen molar-refractivity contribution in [3.05, 3.63) is 52.1 Å². The van der Waals surface area contributed by atoms with Gasteiger partial charge in [0.1, 0.15) is 12.2 Å². The highest BCUT2D eigenvalue weighted by Gasteiger charge is 2.37. The molecule has 0 radical (unpaired) electrons. The average Bonchev–Trinajstić information content (AvgIpc) is 3.29. The van der Waals surface area contributed by atoms with Gasteiger partial charge in [0.25, 0.3) is 11.8 Å². The molecule has 1 aromatic heterocycles. The number of hydrazine groups is 2. The van der Waals surface area contributed by atoms with Crippen LogP contribution in [0.25, 0.3) is 0 Å². The second kappa shape index (κ2) is 15.3. The largest absolute Gasteiger partial charge is 0.504 e. The van der Waals surface area contributed by atoms with Crippen molar-refractivity contribution in [1.29, 1.82) is 0 Å². The molecule has 5 N–H and O–H groups in total. The first-order valence-corrected chi connectivity index (χ1v) is 16.4. The average molecular weight is 678 g/mol. The van der Waals surface area contributed by atoms with E-state index in [1.54, 1.807) is 18.9 Å². The predicted molar refractivity (Wildman–Crippen MR) is 173 cm³/mol. The second-order valence-corrected chi connectivity index (χ2v) is 11.9. The van der Waals surface area contributed by atoms with Gasteiger partial charge in [0.2, 0.25) is 5.91 Å². The minimum absolute atomic E-state index is 0.0264. The van der Waals surface area contributed by atoms with Crippen LogP contribution in [0.5, 0.6) is 5.75 Å². The number of hydrogen-bond acceptors (Lipinski definition) is 9. The van der Waals surface area contributed by atoms with E-state index in [0.29, 0.717) is 36.6 Å². The molecule has 2 aliphatic heterocycles. The van der Waals surface area contributed by atoms with E-state index >= 15 is 0 Å². The van der Waals surface area contributed by atoms with Crippen LogP contribution in [0.2, 0.25) is 0 Å². The molecule has 5 rings (SSSR count). The molecule has 1 aliphatic carbocycles. The fraction of sp³-hybridized carbons (Fsp3) is 0.562. The highest BCUT2D eigenvalue weighted by molar-refractivity contribution is 5.99. The van der Waals surface area contributed by atoms with Crippen molar-refractivity contribution in [2.24, 2.45) is 13.0 Å². The van der Waals surface area contributed by atoms with E-state index in [4.69, 9.17) is 0 Å². The smallest absolute Gasteiger partial charge is 0.416 e. The number of piperazine rings is 1. The van der Waals surface area contributed by atoms with Crippen molar-refractivity contribution in [1.82, 2.24) is 40.9 Å². The van der Waals surface area contributed by atoms with Crippen LogP contribution in [0, 0.1) is 19.8 Å². The summed E-state index contributed by atoms with van der Waals surface area (Å²) in [7, 11) is 1.64. The van der Waals surface area contributed by atoms with Gasteiger partial charge in [0.15, 0.2) is 11.4 Å². The normalized spacial score (nSPS) is 20.6. The Bertz CT molecular complexity index is 1530. The van der Waals surface area contributed by atoms with Crippen molar-refractivity contribution in [2.75, 3.05) is 38.0 Å². The molecule has 48 heavy (non-hydrogen) atoms. The first-order chi connectivity index (χ1) is 22.8. The van der Waals surface area contributed by atoms with Crippen LogP contribution >= 0.6 is 0 Å². The molecule has 1 saturated heterocycles. The molecular weight excluding hydrogens is 631 g/mol. The Balaban J connectivity index is 0.00000255. The molecule has 0 bridgehead atoms. The van der Waals surface area contributed by atoms with Gasteiger partial charge in [-0.05, 0) is 62.8 Å². The molecule has 2 fully saturated rings. The van der Waals surface area contributed by atoms with Gasteiger partial charge >= 0.3 is 6.18 Å². The van der Waals surface area contributed by atoms with E-state index < -0.39 is 36.0 Å². The third-order valence-electron chi connectivity index (χ3n) is 8.90. The molecule has 1 unspecified atom stereocenters. The van der Waals surface area contributed by atoms with Crippen molar-refractivity contribution >= 4 is 23.4 Å².